The highest BCUT2D eigenvalue weighted by molar-refractivity contribution is 5.98. The summed E-state index contributed by atoms with van der Waals surface area (Å²) in [4.78, 5) is 44.6. The fourth-order valence-corrected chi connectivity index (χ4v) is 6.12. The minimum absolute atomic E-state index is 0.0341. The predicted octanol–water partition coefficient (Wildman–Crippen LogP) is 2.70. The summed E-state index contributed by atoms with van der Waals surface area (Å²) in [6, 6.07) is -1.43. The Morgan fingerprint density at radius 1 is 1.34 bits per heavy atom. The zero-order valence-corrected chi connectivity index (χ0v) is 21.5. The van der Waals surface area contributed by atoms with E-state index in [4.69, 9.17) is 9.47 Å². The van der Waals surface area contributed by atoms with Crippen LogP contribution in [0.3, 0.4) is 0 Å². The first-order valence-corrected chi connectivity index (χ1v) is 13.1. The predicted molar refractivity (Wildman–Crippen MR) is 132 cm³/mol. The van der Waals surface area contributed by atoms with Gasteiger partial charge < -0.3 is 24.4 Å². The second kappa shape index (κ2) is 11.7. The molecule has 7 atom stereocenters. The molecular formula is C27H42N2O6. The van der Waals surface area contributed by atoms with Gasteiger partial charge in [-0.15, -0.1) is 13.2 Å². The molecule has 3 rings (SSSR count). The molecule has 0 aliphatic carbocycles. The van der Waals surface area contributed by atoms with Crippen molar-refractivity contribution < 1.29 is 29.0 Å². The Morgan fingerprint density at radius 3 is 2.69 bits per heavy atom. The van der Waals surface area contributed by atoms with Gasteiger partial charge in [-0.25, -0.2) is 0 Å². The van der Waals surface area contributed by atoms with Crippen molar-refractivity contribution >= 4 is 17.8 Å². The molecule has 196 valence electrons. The van der Waals surface area contributed by atoms with Gasteiger partial charge in [-0.2, -0.15) is 0 Å². The third kappa shape index (κ3) is 4.79. The summed E-state index contributed by atoms with van der Waals surface area (Å²) in [6.07, 6.45) is 7.03. The number of hydrogen-bond acceptors (Lipinski definition) is 6. The largest absolute Gasteiger partial charge is 0.465 e. The molecule has 3 heterocycles. The molecule has 1 N–H and O–H groups in total. The SMILES string of the molecule is C=CCCOC(=O)[C@@H]1[C@H]2C(=O)N([C@@H](CO)[C@@H](C)CC)C(C(=O)N(CC=C)CCCC)C23CC[C@H]1O3. The lowest BCUT2D eigenvalue weighted by Crippen LogP contribution is -2.59. The Hall–Kier alpha value is -2.19. The van der Waals surface area contributed by atoms with Crippen LogP contribution in [0.2, 0.25) is 0 Å². The van der Waals surface area contributed by atoms with E-state index in [1.54, 1.807) is 22.0 Å². The van der Waals surface area contributed by atoms with E-state index in [1.165, 1.54) is 0 Å². The van der Waals surface area contributed by atoms with Gasteiger partial charge in [0.05, 0.1) is 37.2 Å². The molecule has 35 heavy (non-hydrogen) atoms. The second-order valence-electron chi connectivity index (χ2n) is 10.1. The first-order valence-electron chi connectivity index (χ1n) is 13.1. The highest BCUT2D eigenvalue weighted by Gasteiger charge is 2.75. The average Bonchev–Trinajstić information content (AvgIpc) is 3.49. The number of esters is 1. The molecule has 2 bridgehead atoms. The fraction of sp³-hybridized carbons (Fsp3) is 0.741. The molecule has 3 aliphatic heterocycles. The maximum absolute atomic E-state index is 14.1. The lowest BCUT2D eigenvalue weighted by molar-refractivity contribution is -0.157. The van der Waals surface area contributed by atoms with E-state index >= 15 is 0 Å². The smallest absolute Gasteiger partial charge is 0.312 e. The van der Waals surface area contributed by atoms with Crippen LogP contribution in [0.4, 0.5) is 0 Å². The normalized spacial score (nSPS) is 30.6. The van der Waals surface area contributed by atoms with Crippen molar-refractivity contribution in [3.05, 3.63) is 25.3 Å². The Bertz CT molecular complexity index is 815. The van der Waals surface area contributed by atoms with Crippen molar-refractivity contribution in [3.8, 4) is 0 Å². The number of likely N-dealkylation sites (tertiary alicyclic amines) is 1. The topological polar surface area (TPSA) is 96.4 Å². The van der Waals surface area contributed by atoms with E-state index in [0.29, 0.717) is 32.4 Å². The average molecular weight is 491 g/mol. The highest BCUT2D eigenvalue weighted by Crippen LogP contribution is 2.59. The molecule has 0 aromatic heterocycles. The lowest BCUT2D eigenvalue weighted by Gasteiger charge is -2.41. The molecule has 0 saturated carbocycles. The van der Waals surface area contributed by atoms with E-state index in [-0.39, 0.29) is 30.9 Å². The lowest BCUT2D eigenvalue weighted by atomic mass is 9.70. The summed E-state index contributed by atoms with van der Waals surface area (Å²) >= 11 is 0. The third-order valence-electron chi connectivity index (χ3n) is 8.10. The molecule has 2 amide bonds. The van der Waals surface area contributed by atoms with Gasteiger partial charge in [-0.05, 0) is 31.6 Å². The van der Waals surface area contributed by atoms with Crippen LogP contribution in [-0.4, -0.2) is 82.8 Å². The summed E-state index contributed by atoms with van der Waals surface area (Å²) in [5, 5.41) is 10.4. The summed E-state index contributed by atoms with van der Waals surface area (Å²) in [5.41, 5.74) is -1.09. The van der Waals surface area contributed by atoms with Crippen molar-refractivity contribution in [2.75, 3.05) is 26.3 Å². The number of carbonyl (C=O) groups excluding carboxylic acids is 3. The molecule has 1 spiro atoms. The zero-order chi connectivity index (χ0) is 25.8. The first kappa shape index (κ1) is 27.4. The van der Waals surface area contributed by atoms with Gasteiger partial charge in [0, 0.05) is 13.1 Å². The molecule has 0 aromatic rings. The Balaban J connectivity index is 2.04. The van der Waals surface area contributed by atoms with Crippen LogP contribution < -0.4 is 0 Å². The fourth-order valence-electron chi connectivity index (χ4n) is 6.12. The quantitative estimate of drug-likeness (QED) is 0.229. The monoisotopic (exact) mass is 490 g/mol. The number of unbranched alkanes of at least 4 members (excludes halogenated alkanes) is 1. The number of rotatable bonds is 14. The molecule has 0 radical (unpaired) electrons. The van der Waals surface area contributed by atoms with Gasteiger partial charge in [0.1, 0.15) is 11.6 Å². The van der Waals surface area contributed by atoms with Crippen LogP contribution in [0, 0.1) is 17.8 Å². The van der Waals surface area contributed by atoms with E-state index in [2.05, 4.69) is 20.1 Å². The van der Waals surface area contributed by atoms with Crippen LogP contribution in [0.25, 0.3) is 0 Å². The van der Waals surface area contributed by atoms with Crippen LogP contribution >= 0.6 is 0 Å². The summed E-state index contributed by atoms with van der Waals surface area (Å²) in [6.45, 7) is 14.3. The molecule has 2 unspecified atom stereocenters. The van der Waals surface area contributed by atoms with Gasteiger partial charge in [0.25, 0.3) is 0 Å². The molecule has 8 heteroatoms. The number of nitrogens with zero attached hydrogens (tertiary/aromatic N) is 2. The minimum atomic E-state index is -1.09. The number of aliphatic hydroxyl groups is 1. The second-order valence-corrected chi connectivity index (χ2v) is 10.1. The maximum atomic E-state index is 14.1. The Kier molecular flexibility index (Phi) is 9.16. The van der Waals surface area contributed by atoms with E-state index in [1.807, 2.05) is 13.8 Å². The van der Waals surface area contributed by atoms with Gasteiger partial charge in [-0.1, -0.05) is 45.8 Å². The van der Waals surface area contributed by atoms with E-state index in [9.17, 15) is 19.5 Å². The minimum Gasteiger partial charge on any atom is -0.465 e. The molecule has 3 fully saturated rings. The highest BCUT2D eigenvalue weighted by atomic mass is 16.6. The summed E-state index contributed by atoms with van der Waals surface area (Å²) < 4.78 is 11.9. The van der Waals surface area contributed by atoms with Crippen molar-refractivity contribution in [1.29, 1.82) is 0 Å². The van der Waals surface area contributed by atoms with Crippen LogP contribution in [-0.2, 0) is 23.9 Å². The summed E-state index contributed by atoms with van der Waals surface area (Å²) in [7, 11) is 0. The van der Waals surface area contributed by atoms with Gasteiger partial charge in [-0.3, -0.25) is 14.4 Å². The number of carbonyl (C=O) groups is 3. The number of ether oxygens (including phenoxy) is 2. The number of amides is 2. The standard InChI is InChI=1S/C27H42N2O6/c1-6-10-15-28(14-8-3)25(32)23-27-13-12-20(35-27)21(26(33)34-16-11-7-2)22(27)24(31)29(23)19(17-30)18(5)9-4/h7-8,18-23,30H,2-3,6,9-17H2,1,4-5H3/t18-,19-,20+,21-,22-,23?,27?/m0/s1. The summed E-state index contributed by atoms with van der Waals surface area (Å²) in [5.74, 6) is -2.51. The van der Waals surface area contributed by atoms with Gasteiger partial charge >= 0.3 is 5.97 Å². The molecular weight excluding hydrogens is 448 g/mol. The van der Waals surface area contributed by atoms with Crippen molar-refractivity contribution in [3.63, 3.8) is 0 Å². The molecule has 0 aromatic carbocycles. The maximum Gasteiger partial charge on any atom is 0.312 e. The van der Waals surface area contributed by atoms with Gasteiger partial charge in [0.15, 0.2) is 0 Å². The van der Waals surface area contributed by atoms with E-state index < -0.39 is 41.6 Å². The number of hydrogen-bond donors (Lipinski definition) is 1. The Labute approximate surface area is 209 Å². The Morgan fingerprint density at radius 2 is 2.09 bits per heavy atom. The molecule has 3 aliphatic rings. The van der Waals surface area contributed by atoms with E-state index in [0.717, 1.165) is 19.3 Å². The van der Waals surface area contributed by atoms with Crippen LogP contribution in [0.5, 0.6) is 0 Å². The third-order valence-corrected chi connectivity index (χ3v) is 8.10. The van der Waals surface area contributed by atoms with Crippen molar-refractivity contribution in [1.82, 2.24) is 9.80 Å². The van der Waals surface area contributed by atoms with Crippen LogP contribution in [0.15, 0.2) is 25.3 Å². The van der Waals surface area contributed by atoms with Crippen molar-refractivity contribution in [2.45, 2.75) is 83.1 Å². The van der Waals surface area contributed by atoms with Gasteiger partial charge in [0.2, 0.25) is 11.8 Å². The zero-order valence-electron chi connectivity index (χ0n) is 21.5. The molecule has 3 saturated heterocycles. The van der Waals surface area contributed by atoms with Crippen molar-refractivity contribution in [2.24, 2.45) is 17.8 Å². The molecule has 8 nitrogen and oxygen atoms in total. The van der Waals surface area contributed by atoms with Crippen LogP contribution in [0.1, 0.15) is 59.3 Å². The number of fused-ring (bicyclic) bond motifs is 1. The number of aliphatic hydroxyl groups excluding tert-OH is 1. The first-order chi connectivity index (χ1) is 16.8.